The maximum atomic E-state index is 2.32. The fourth-order valence-corrected chi connectivity index (χ4v) is 8.31. The molecule has 0 unspecified atom stereocenters. The Bertz CT molecular complexity index is 2710. The molecule has 310 valence electrons. The largest absolute Gasteiger partial charge is 0.311 e. The van der Waals surface area contributed by atoms with Crippen molar-refractivity contribution >= 4 is 57.4 Å². The van der Waals surface area contributed by atoms with Crippen molar-refractivity contribution in [2.24, 2.45) is 0 Å². The zero-order valence-corrected chi connectivity index (χ0v) is 36.6. The van der Waals surface area contributed by atoms with Crippen molar-refractivity contribution in [3.63, 3.8) is 0 Å². The van der Waals surface area contributed by atoms with Crippen molar-refractivity contribution < 1.29 is 0 Å². The molecular weight excluding hydrogens is 773 g/mol. The van der Waals surface area contributed by atoms with Crippen LogP contribution in [0.3, 0.4) is 0 Å². The third kappa shape index (κ3) is 9.58. The molecule has 64 heavy (non-hydrogen) atoms. The maximum Gasteiger partial charge on any atom is 0.0462 e. The molecule has 0 N–H and O–H groups in total. The first-order valence-corrected chi connectivity index (χ1v) is 22.4. The fourth-order valence-electron chi connectivity index (χ4n) is 8.31. The number of nitrogens with zero attached hydrogens (tertiary/aromatic N) is 2. The van der Waals surface area contributed by atoms with Gasteiger partial charge in [0.15, 0.2) is 0 Å². The summed E-state index contributed by atoms with van der Waals surface area (Å²) in [6, 6.07) is 87.3. The van der Waals surface area contributed by atoms with E-state index in [-0.39, 0.29) is 0 Å². The van der Waals surface area contributed by atoms with E-state index < -0.39 is 0 Å². The number of para-hydroxylation sites is 2. The van der Waals surface area contributed by atoms with E-state index in [2.05, 4.69) is 278 Å². The van der Waals surface area contributed by atoms with Gasteiger partial charge in [-0.3, -0.25) is 0 Å². The molecule has 0 saturated carbocycles. The highest BCUT2D eigenvalue weighted by Gasteiger charge is 2.15. The molecule has 0 atom stereocenters. The lowest BCUT2D eigenvalue weighted by molar-refractivity contribution is 1.14. The predicted octanol–water partition coefficient (Wildman–Crippen LogP) is 16.9. The minimum absolute atomic E-state index is 1.02. The van der Waals surface area contributed by atoms with Gasteiger partial charge in [-0.15, -0.1) is 0 Å². The van der Waals surface area contributed by atoms with Gasteiger partial charge in [0.1, 0.15) is 0 Å². The highest BCUT2D eigenvalue weighted by Crippen LogP contribution is 2.38. The van der Waals surface area contributed by atoms with Crippen LogP contribution in [0.15, 0.2) is 243 Å². The van der Waals surface area contributed by atoms with Crippen LogP contribution in [0.1, 0.15) is 58.4 Å². The van der Waals surface area contributed by atoms with Crippen LogP contribution >= 0.6 is 0 Å². The van der Waals surface area contributed by atoms with Crippen LogP contribution in [0.4, 0.5) is 34.1 Å². The molecule has 0 spiro atoms. The summed E-state index contributed by atoms with van der Waals surface area (Å²) in [6.07, 6.45) is 6.65. The van der Waals surface area contributed by atoms with E-state index in [4.69, 9.17) is 0 Å². The summed E-state index contributed by atoms with van der Waals surface area (Å²) in [5.41, 5.74) is 18.7. The van der Waals surface area contributed by atoms with Crippen LogP contribution in [-0.2, 0) is 12.8 Å². The molecule has 0 radical (unpaired) electrons. The van der Waals surface area contributed by atoms with E-state index in [0.29, 0.717) is 0 Å². The van der Waals surface area contributed by atoms with Gasteiger partial charge in [0.2, 0.25) is 0 Å². The van der Waals surface area contributed by atoms with E-state index in [1.807, 2.05) is 0 Å². The molecule has 0 saturated heterocycles. The maximum absolute atomic E-state index is 2.32. The van der Waals surface area contributed by atoms with E-state index in [9.17, 15) is 0 Å². The third-order valence-corrected chi connectivity index (χ3v) is 11.8. The molecule has 0 aliphatic rings. The summed E-state index contributed by atoms with van der Waals surface area (Å²) < 4.78 is 0. The second kappa shape index (κ2) is 19.8. The van der Waals surface area contributed by atoms with Crippen LogP contribution in [0.25, 0.3) is 23.3 Å². The van der Waals surface area contributed by atoms with Crippen LogP contribution < -0.4 is 9.80 Å². The molecule has 0 aliphatic heterocycles. The van der Waals surface area contributed by atoms with Crippen molar-refractivity contribution in [1.29, 1.82) is 0 Å². The standard InChI is InChI=1S/C62H52N2/c1-3-47-25-37-57(38-26-47)63(55-21-13-7-14-22-55)59-41-29-49(30-42-59)45-61(51-17-9-5-10-18-51)53-33-35-54(36-34-53)62(52-19-11-6-12-20-52)46-50-31-43-60(44-32-50)64(56-23-15-8-16-24-56)58-39-27-48(4-2)28-40-58/h5-46H,3-4H2,1-2H3/b61-45+,62-46+. The van der Waals surface area contributed by atoms with Crippen LogP contribution in [0.5, 0.6) is 0 Å². The zero-order chi connectivity index (χ0) is 43.5. The molecule has 9 rings (SSSR count). The highest BCUT2D eigenvalue weighted by molar-refractivity contribution is 5.95. The van der Waals surface area contributed by atoms with Crippen LogP contribution in [-0.4, -0.2) is 0 Å². The summed E-state index contributed by atoms with van der Waals surface area (Å²) in [5.74, 6) is 0. The third-order valence-electron chi connectivity index (χ3n) is 11.8. The summed E-state index contributed by atoms with van der Waals surface area (Å²) in [5, 5.41) is 0. The normalized spacial score (nSPS) is 11.6. The minimum Gasteiger partial charge on any atom is -0.311 e. The quantitative estimate of drug-likeness (QED) is 0.101. The topological polar surface area (TPSA) is 6.48 Å². The summed E-state index contributed by atoms with van der Waals surface area (Å²) in [6.45, 7) is 4.39. The van der Waals surface area contributed by atoms with Gasteiger partial charge in [-0.2, -0.15) is 0 Å². The minimum atomic E-state index is 1.02. The molecule has 2 heteroatoms. The highest BCUT2D eigenvalue weighted by atomic mass is 15.1. The van der Waals surface area contributed by atoms with E-state index in [0.717, 1.165) is 69.2 Å². The Morgan fingerprint density at radius 3 is 0.828 bits per heavy atom. The first-order chi connectivity index (χ1) is 31.6. The Balaban J connectivity index is 1.04. The Kier molecular flexibility index (Phi) is 12.8. The van der Waals surface area contributed by atoms with Gasteiger partial charge in [-0.25, -0.2) is 0 Å². The second-order valence-electron chi connectivity index (χ2n) is 16.0. The molecule has 0 heterocycles. The van der Waals surface area contributed by atoms with Crippen molar-refractivity contribution in [3.05, 3.63) is 287 Å². The molecular formula is C62H52N2. The SMILES string of the molecule is CCc1ccc(N(c2ccccc2)c2ccc(/C=C(\c3ccccc3)c3ccc(/C(=C/c4ccc(N(c5ccccc5)c5ccc(CC)cc5)cc4)c4ccccc4)cc3)cc2)cc1. The molecule has 0 aromatic heterocycles. The van der Waals surface area contributed by atoms with Gasteiger partial charge in [-0.05, 0) is 153 Å². The number of hydrogen-bond donors (Lipinski definition) is 0. The zero-order valence-electron chi connectivity index (χ0n) is 36.6. The van der Waals surface area contributed by atoms with Gasteiger partial charge in [0, 0.05) is 34.1 Å². The van der Waals surface area contributed by atoms with Crippen molar-refractivity contribution in [1.82, 2.24) is 0 Å². The van der Waals surface area contributed by atoms with Crippen LogP contribution in [0.2, 0.25) is 0 Å². The van der Waals surface area contributed by atoms with Gasteiger partial charge >= 0.3 is 0 Å². The smallest absolute Gasteiger partial charge is 0.0462 e. The number of hydrogen-bond acceptors (Lipinski definition) is 2. The van der Waals surface area contributed by atoms with Gasteiger partial charge in [0.05, 0.1) is 0 Å². The lowest BCUT2D eigenvalue weighted by Crippen LogP contribution is -2.09. The first-order valence-electron chi connectivity index (χ1n) is 22.4. The Hall–Kier alpha value is -7.94. The van der Waals surface area contributed by atoms with E-state index >= 15 is 0 Å². The number of benzene rings is 9. The van der Waals surface area contributed by atoms with E-state index in [1.165, 1.54) is 33.4 Å². The summed E-state index contributed by atoms with van der Waals surface area (Å²) in [7, 11) is 0. The fraction of sp³-hybridized carbons (Fsp3) is 0.0645. The monoisotopic (exact) mass is 824 g/mol. The first kappa shape index (κ1) is 41.4. The summed E-state index contributed by atoms with van der Waals surface area (Å²) in [4.78, 5) is 4.64. The molecule has 2 nitrogen and oxygen atoms in total. The molecule has 9 aromatic carbocycles. The molecule has 0 fully saturated rings. The second-order valence-corrected chi connectivity index (χ2v) is 16.0. The Morgan fingerprint density at radius 1 is 0.281 bits per heavy atom. The average Bonchev–Trinajstić information content (AvgIpc) is 3.37. The predicted molar refractivity (Wildman–Crippen MR) is 274 cm³/mol. The van der Waals surface area contributed by atoms with Crippen molar-refractivity contribution in [2.75, 3.05) is 9.80 Å². The number of anilines is 6. The van der Waals surface area contributed by atoms with Crippen LogP contribution in [0, 0.1) is 0 Å². The molecule has 0 bridgehead atoms. The van der Waals surface area contributed by atoms with Crippen molar-refractivity contribution in [3.8, 4) is 0 Å². The summed E-state index contributed by atoms with van der Waals surface area (Å²) >= 11 is 0. The van der Waals surface area contributed by atoms with Gasteiger partial charge < -0.3 is 9.80 Å². The van der Waals surface area contributed by atoms with Crippen molar-refractivity contribution in [2.45, 2.75) is 26.7 Å². The lowest BCUT2D eigenvalue weighted by atomic mass is 9.91. The number of aryl methyl sites for hydroxylation is 2. The average molecular weight is 825 g/mol. The Morgan fingerprint density at radius 2 is 0.531 bits per heavy atom. The molecule has 0 amide bonds. The lowest BCUT2D eigenvalue weighted by Gasteiger charge is -2.25. The molecule has 0 aliphatic carbocycles. The Labute approximate surface area is 379 Å². The van der Waals surface area contributed by atoms with E-state index in [1.54, 1.807) is 0 Å². The number of rotatable bonds is 14. The van der Waals surface area contributed by atoms with Gasteiger partial charge in [-0.1, -0.05) is 184 Å². The van der Waals surface area contributed by atoms with Gasteiger partial charge in [0.25, 0.3) is 0 Å². The molecule has 9 aromatic rings.